The molecule has 0 spiro atoms. The van der Waals surface area contributed by atoms with Crippen molar-refractivity contribution in [1.82, 2.24) is 4.98 Å². The van der Waals surface area contributed by atoms with Crippen LogP contribution in [0.3, 0.4) is 0 Å². The number of rotatable bonds is 3. The summed E-state index contributed by atoms with van der Waals surface area (Å²) in [5, 5.41) is 8.91. The van der Waals surface area contributed by atoms with Gasteiger partial charge < -0.3 is 9.84 Å². The van der Waals surface area contributed by atoms with Crippen LogP contribution in [-0.4, -0.2) is 16.1 Å². The normalized spacial score (nSPS) is 10.3. The van der Waals surface area contributed by atoms with Crippen molar-refractivity contribution in [2.24, 2.45) is 0 Å². The Morgan fingerprint density at radius 2 is 2.11 bits per heavy atom. The van der Waals surface area contributed by atoms with Crippen molar-refractivity contribution < 1.29 is 19.0 Å². The predicted molar refractivity (Wildman–Crippen MR) is 67.4 cm³/mol. The van der Waals surface area contributed by atoms with E-state index in [1.165, 1.54) is 30.3 Å². The number of aromatic nitrogens is 1. The number of aryl methyl sites for hydroxylation is 1. The van der Waals surface area contributed by atoms with Crippen LogP contribution in [0.4, 0.5) is 4.39 Å². The number of halogens is 2. The molecular weight excluding hydrogens is 273 g/mol. The maximum atomic E-state index is 13.0. The molecule has 1 heterocycles. The fraction of sp³-hybridized carbons (Fsp3) is 0.0769. The molecule has 1 N–H and O–H groups in total. The van der Waals surface area contributed by atoms with Crippen LogP contribution in [0.1, 0.15) is 15.9 Å². The number of carboxylic acids is 1. The highest BCUT2D eigenvalue weighted by Gasteiger charge is 2.10. The van der Waals surface area contributed by atoms with Crippen molar-refractivity contribution in [3.8, 4) is 11.6 Å². The van der Waals surface area contributed by atoms with Gasteiger partial charge in [0.15, 0.2) is 0 Å². The average Bonchev–Trinajstić information content (AvgIpc) is 2.32. The van der Waals surface area contributed by atoms with Gasteiger partial charge in [-0.2, -0.15) is 0 Å². The van der Waals surface area contributed by atoms with Gasteiger partial charge in [-0.25, -0.2) is 14.2 Å². The van der Waals surface area contributed by atoms with E-state index in [0.717, 1.165) is 0 Å². The van der Waals surface area contributed by atoms with Gasteiger partial charge in [-0.05, 0) is 36.8 Å². The van der Waals surface area contributed by atoms with E-state index in [1.54, 1.807) is 6.92 Å². The Balaban J connectivity index is 2.35. The molecule has 0 atom stereocenters. The smallest absolute Gasteiger partial charge is 0.335 e. The summed E-state index contributed by atoms with van der Waals surface area (Å²) in [5.41, 5.74) is 0.536. The number of ether oxygens (including phenoxy) is 1. The minimum absolute atomic E-state index is 0.00895. The van der Waals surface area contributed by atoms with Crippen LogP contribution in [0.25, 0.3) is 0 Å². The van der Waals surface area contributed by atoms with Crippen molar-refractivity contribution in [2.45, 2.75) is 6.92 Å². The fourth-order valence-corrected chi connectivity index (χ4v) is 1.69. The molecule has 1 aromatic heterocycles. The first-order chi connectivity index (χ1) is 8.95. The zero-order valence-electron chi connectivity index (χ0n) is 9.85. The topological polar surface area (TPSA) is 59.4 Å². The Kier molecular flexibility index (Phi) is 3.66. The number of hydrogen-bond acceptors (Lipinski definition) is 3. The van der Waals surface area contributed by atoms with E-state index in [9.17, 15) is 9.18 Å². The van der Waals surface area contributed by atoms with Crippen molar-refractivity contribution in [2.75, 3.05) is 0 Å². The van der Waals surface area contributed by atoms with E-state index in [2.05, 4.69) is 4.98 Å². The molecule has 0 bridgehead atoms. The van der Waals surface area contributed by atoms with Crippen molar-refractivity contribution >= 4 is 17.6 Å². The fourth-order valence-electron chi connectivity index (χ4n) is 1.49. The molecule has 2 rings (SSSR count). The van der Waals surface area contributed by atoms with E-state index >= 15 is 0 Å². The molecule has 0 fully saturated rings. The molecule has 4 nitrogen and oxygen atoms in total. The second kappa shape index (κ2) is 5.24. The summed E-state index contributed by atoms with van der Waals surface area (Å²) in [6.45, 7) is 1.67. The van der Waals surface area contributed by atoms with Gasteiger partial charge in [0.2, 0.25) is 5.88 Å². The number of aromatic carboxylic acids is 1. The molecule has 0 aliphatic carbocycles. The zero-order chi connectivity index (χ0) is 14.0. The van der Waals surface area contributed by atoms with Crippen LogP contribution in [-0.2, 0) is 0 Å². The highest BCUT2D eigenvalue weighted by molar-refractivity contribution is 6.29. The number of benzene rings is 1. The van der Waals surface area contributed by atoms with E-state index in [4.69, 9.17) is 21.4 Å². The van der Waals surface area contributed by atoms with Gasteiger partial charge in [-0.15, -0.1) is 0 Å². The summed E-state index contributed by atoms with van der Waals surface area (Å²) in [6, 6.07) is 6.45. The van der Waals surface area contributed by atoms with Crippen molar-refractivity contribution in [1.29, 1.82) is 0 Å². The van der Waals surface area contributed by atoms with E-state index in [-0.39, 0.29) is 22.4 Å². The summed E-state index contributed by atoms with van der Waals surface area (Å²) in [7, 11) is 0. The second-order valence-electron chi connectivity index (χ2n) is 3.83. The largest absolute Gasteiger partial charge is 0.478 e. The summed E-state index contributed by atoms with van der Waals surface area (Å²) in [6.07, 6.45) is 0. The molecular formula is C13H9ClFNO3. The Labute approximate surface area is 113 Å². The molecule has 0 aliphatic rings. The van der Waals surface area contributed by atoms with Crippen molar-refractivity contribution in [3.05, 3.63) is 52.4 Å². The molecule has 19 heavy (non-hydrogen) atoms. The van der Waals surface area contributed by atoms with Gasteiger partial charge in [0.25, 0.3) is 0 Å². The molecule has 0 saturated heterocycles. The van der Waals surface area contributed by atoms with E-state index in [1.807, 2.05) is 0 Å². The molecule has 1 aromatic carbocycles. The van der Waals surface area contributed by atoms with Gasteiger partial charge in [0, 0.05) is 6.07 Å². The monoisotopic (exact) mass is 281 g/mol. The van der Waals surface area contributed by atoms with E-state index in [0.29, 0.717) is 11.3 Å². The van der Waals surface area contributed by atoms with Gasteiger partial charge in [0.1, 0.15) is 16.7 Å². The lowest BCUT2D eigenvalue weighted by Gasteiger charge is -2.08. The summed E-state index contributed by atoms with van der Waals surface area (Å²) in [5.74, 6) is -1.09. The number of carboxylic acid groups (broad SMARTS) is 1. The number of carbonyl (C=O) groups is 1. The first-order valence-electron chi connectivity index (χ1n) is 5.30. The first-order valence-corrected chi connectivity index (χ1v) is 5.68. The highest BCUT2D eigenvalue weighted by Crippen LogP contribution is 2.26. The third kappa shape index (κ3) is 3.20. The van der Waals surface area contributed by atoms with Gasteiger partial charge in [0.05, 0.1) is 5.56 Å². The molecule has 0 aliphatic heterocycles. The number of pyridine rings is 1. The van der Waals surface area contributed by atoms with Gasteiger partial charge >= 0.3 is 5.97 Å². The molecule has 6 heteroatoms. The quantitative estimate of drug-likeness (QED) is 0.872. The maximum Gasteiger partial charge on any atom is 0.335 e. The van der Waals surface area contributed by atoms with Crippen LogP contribution >= 0.6 is 11.6 Å². The average molecular weight is 282 g/mol. The molecule has 0 radical (unpaired) electrons. The maximum absolute atomic E-state index is 13.0. The van der Waals surface area contributed by atoms with Crippen LogP contribution in [0.2, 0.25) is 5.15 Å². The third-order valence-corrected chi connectivity index (χ3v) is 2.56. The van der Waals surface area contributed by atoms with E-state index < -0.39 is 5.97 Å². The third-order valence-electron chi connectivity index (χ3n) is 2.37. The lowest BCUT2D eigenvalue weighted by Crippen LogP contribution is -1.99. The summed E-state index contributed by atoms with van der Waals surface area (Å²) >= 11 is 5.71. The Morgan fingerprint density at radius 1 is 1.37 bits per heavy atom. The van der Waals surface area contributed by atoms with Crippen LogP contribution in [0, 0.1) is 12.7 Å². The Hall–Kier alpha value is -2.14. The number of nitrogens with zero attached hydrogens (tertiary/aromatic N) is 1. The second-order valence-corrected chi connectivity index (χ2v) is 4.22. The SMILES string of the molecule is Cc1cc(F)ccc1Oc1cc(C(=O)O)cc(Cl)n1. The number of hydrogen-bond donors (Lipinski definition) is 1. The predicted octanol–water partition coefficient (Wildman–Crippen LogP) is 3.67. The molecule has 2 aromatic rings. The highest BCUT2D eigenvalue weighted by atomic mass is 35.5. The zero-order valence-corrected chi connectivity index (χ0v) is 10.6. The lowest BCUT2D eigenvalue weighted by molar-refractivity contribution is 0.0696. The lowest BCUT2D eigenvalue weighted by atomic mass is 10.2. The minimum atomic E-state index is -1.13. The molecule has 98 valence electrons. The minimum Gasteiger partial charge on any atom is -0.478 e. The van der Waals surface area contributed by atoms with Crippen molar-refractivity contribution in [3.63, 3.8) is 0 Å². The molecule has 0 unspecified atom stereocenters. The van der Waals surface area contributed by atoms with Gasteiger partial charge in [-0.1, -0.05) is 11.6 Å². The van der Waals surface area contributed by atoms with Crippen LogP contribution in [0.5, 0.6) is 11.6 Å². The molecule has 0 amide bonds. The summed E-state index contributed by atoms with van der Waals surface area (Å²) in [4.78, 5) is 14.7. The van der Waals surface area contributed by atoms with Crippen LogP contribution < -0.4 is 4.74 Å². The Bertz CT molecular complexity index is 646. The van der Waals surface area contributed by atoms with Crippen LogP contribution in [0.15, 0.2) is 30.3 Å². The summed E-state index contributed by atoms with van der Waals surface area (Å²) < 4.78 is 18.4. The standard InChI is InChI=1S/C13H9ClFNO3/c1-7-4-9(15)2-3-10(7)19-12-6-8(13(17)18)5-11(14)16-12/h2-6H,1H3,(H,17,18). The Morgan fingerprint density at radius 3 is 2.74 bits per heavy atom. The molecule has 0 saturated carbocycles. The first kappa shape index (κ1) is 13.3. The van der Waals surface area contributed by atoms with Gasteiger partial charge in [-0.3, -0.25) is 0 Å².